The lowest BCUT2D eigenvalue weighted by atomic mass is 10.1. The van der Waals surface area contributed by atoms with E-state index in [-0.39, 0.29) is 29.2 Å². The predicted molar refractivity (Wildman–Crippen MR) is 125 cm³/mol. The molecular formula is C25H30N2O8. The zero-order valence-electron chi connectivity index (χ0n) is 19.9. The zero-order valence-corrected chi connectivity index (χ0v) is 19.9. The molecule has 0 aliphatic carbocycles. The Kier molecular flexibility index (Phi) is 7.73. The second-order valence-electron chi connectivity index (χ2n) is 9.34. The van der Waals surface area contributed by atoms with Crippen LogP contribution in [0.5, 0.6) is 17.2 Å². The minimum Gasteiger partial charge on any atom is -0.508 e. The highest BCUT2D eigenvalue weighted by atomic mass is 16.6. The first-order chi connectivity index (χ1) is 16.4. The van der Waals surface area contributed by atoms with Gasteiger partial charge in [0.05, 0.1) is 6.04 Å². The molecule has 1 saturated heterocycles. The molecule has 0 radical (unpaired) electrons. The summed E-state index contributed by atoms with van der Waals surface area (Å²) in [6.45, 7) is 5.61. The Labute approximate surface area is 203 Å². The normalized spacial score (nSPS) is 18.3. The van der Waals surface area contributed by atoms with Gasteiger partial charge in [0.2, 0.25) is 0 Å². The Balaban J connectivity index is 1.83. The van der Waals surface area contributed by atoms with Crippen molar-refractivity contribution in [2.75, 3.05) is 13.1 Å². The number of carbonyl (C=O) groups excluding carboxylic acids is 3. The lowest BCUT2D eigenvalue weighted by Crippen LogP contribution is -2.51. The number of ether oxygens (including phenoxy) is 2. The molecule has 2 aromatic carbocycles. The SMILES string of the molecule is CC(C)(C)OC(=O)N1CCC[C@@H](OC(=O)c2ccc(O)cc2O)[C@H](NC(=O)c2ccc(O)cc2)C1. The van der Waals surface area contributed by atoms with Crippen molar-refractivity contribution in [1.29, 1.82) is 0 Å². The number of hydrogen-bond acceptors (Lipinski definition) is 8. The molecule has 10 heteroatoms. The van der Waals surface area contributed by atoms with Crippen LogP contribution in [-0.4, -0.2) is 69.0 Å². The Hall–Kier alpha value is -3.95. The number of phenols is 3. The van der Waals surface area contributed by atoms with Crippen molar-refractivity contribution >= 4 is 18.0 Å². The summed E-state index contributed by atoms with van der Waals surface area (Å²) in [5.74, 6) is -1.95. The van der Waals surface area contributed by atoms with E-state index in [4.69, 9.17) is 9.47 Å². The second kappa shape index (κ2) is 10.5. The molecule has 2 atom stereocenters. The summed E-state index contributed by atoms with van der Waals surface area (Å²) in [6, 6.07) is 8.37. The van der Waals surface area contributed by atoms with Crippen LogP contribution in [-0.2, 0) is 9.47 Å². The van der Waals surface area contributed by atoms with Gasteiger partial charge in [0.15, 0.2) is 0 Å². The molecule has 35 heavy (non-hydrogen) atoms. The van der Waals surface area contributed by atoms with E-state index in [2.05, 4.69) is 5.32 Å². The summed E-state index contributed by atoms with van der Waals surface area (Å²) in [6.07, 6.45) is -0.553. The second-order valence-corrected chi connectivity index (χ2v) is 9.34. The maximum Gasteiger partial charge on any atom is 0.410 e. The number of rotatable bonds is 4. The standard InChI is InChI=1S/C25H30N2O8/c1-25(2,3)35-24(33)27-12-4-5-21(34-23(32)18-11-10-17(29)13-20(18)30)19(14-27)26-22(31)15-6-8-16(28)9-7-15/h6-11,13,19,21,28-30H,4-5,12,14H2,1-3H3,(H,26,31)/t19-,21-/m1/s1. The molecule has 1 fully saturated rings. The smallest absolute Gasteiger partial charge is 0.410 e. The first-order valence-corrected chi connectivity index (χ1v) is 11.2. The van der Waals surface area contributed by atoms with Crippen molar-refractivity contribution in [2.45, 2.75) is 51.4 Å². The van der Waals surface area contributed by atoms with Crippen LogP contribution in [0.4, 0.5) is 4.79 Å². The fraction of sp³-hybridized carbons (Fsp3) is 0.400. The topological polar surface area (TPSA) is 146 Å². The molecule has 1 heterocycles. The third-order valence-electron chi connectivity index (χ3n) is 5.34. The summed E-state index contributed by atoms with van der Waals surface area (Å²) in [5.41, 5.74) is -0.576. The number of likely N-dealkylation sites (tertiary alicyclic amines) is 1. The summed E-state index contributed by atoms with van der Waals surface area (Å²) in [5, 5.41) is 31.8. The van der Waals surface area contributed by atoms with Crippen molar-refractivity contribution < 1.29 is 39.2 Å². The van der Waals surface area contributed by atoms with Gasteiger partial charge in [0.1, 0.15) is 34.5 Å². The molecule has 2 aromatic rings. The van der Waals surface area contributed by atoms with E-state index in [9.17, 15) is 29.7 Å². The van der Waals surface area contributed by atoms with Crippen LogP contribution in [0.25, 0.3) is 0 Å². The van der Waals surface area contributed by atoms with Gasteiger partial charge in [-0.1, -0.05) is 0 Å². The first-order valence-electron chi connectivity index (χ1n) is 11.2. The van der Waals surface area contributed by atoms with Gasteiger partial charge in [-0.25, -0.2) is 9.59 Å². The van der Waals surface area contributed by atoms with Crippen molar-refractivity contribution in [1.82, 2.24) is 10.2 Å². The van der Waals surface area contributed by atoms with E-state index in [1.165, 1.54) is 41.3 Å². The number of nitrogens with one attached hydrogen (secondary N) is 1. The summed E-state index contributed by atoms with van der Waals surface area (Å²) >= 11 is 0. The monoisotopic (exact) mass is 486 g/mol. The van der Waals surface area contributed by atoms with Gasteiger partial charge >= 0.3 is 12.1 Å². The van der Waals surface area contributed by atoms with Crippen molar-refractivity contribution in [3.8, 4) is 17.2 Å². The Morgan fingerprint density at radius 1 is 1.00 bits per heavy atom. The van der Waals surface area contributed by atoms with Crippen molar-refractivity contribution in [3.63, 3.8) is 0 Å². The number of carbonyl (C=O) groups is 3. The van der Waals surface area contributed by atoms with Gasteiger partial charge in [-0.2, -0.15) is 0 Å². The van der Waals surface area contributed by atoms with Crippen LogP contribution in [0, 0.1) is 0 Å². The molecule has 0 bridgehead atoms. The molecule has 1 aliphatic heterocycles. The average molecular weight is 487 g/mol. The summed E-state index contributed by atoms with van der Waals surface area (Å²) < 4.78 is 11.1. The molecule has 2 amide bonds. The Bertz CT molecular complexity index is 1080. The number of phenolic OH excluding ortho intramolecular Hbond substituents is 3. The van der Waals surface area contributed by atoms with Crippen LogP contribution >= 0.6 is 0 Å². The third kappa shape index (κ3) is 7.02. The molecule has 10 nitrogen and oxygen atoms in total. The van der Waals surface area contributed by atoms with Crippen LogP contribution < -0.4 is 5.32 Å². The lowest BCUT2D eigenvalue weighted by Gasteiger charge is -2.30. The highest BCUT2D eigenvalue weighted by molar-refractivity contribution is 5.95. The maximum absolute atomic E-state index is 12.9. The summed E-state index contributed by atoms with van der Waals surface area (Å²) in [7, 11) is 0. The van der Waals surface area contributed by atoms with Gasteiger partial charge in [-0.15, -0.1) is 0 Å². The molecule has 4 N–H and O–H groups in total. The van der Waals surface area contributed by atoms with Crippen molar-refractivity contribution in [2.24, 2.45) is 0 Å². The van der Waals surface area contributed by atoms with Gasteiger partial charge < -0.3 is 35.0 Å². The highest BCUT2D eigenvalue weighted by Crippen LogP contribution is 2.26. The number of aromatic hydroxyl groups is 3. The Morgan fingerprint density at radius 3 is 2.29 bits per heavy atom. The lowest BCUT2D eigenvalue weighted by molar-refractivity contribution is 0.0126. The van der Waals surface area contributed by atoms with E-state index in [0.29, 0.717) is 19.4 Å². The molecule has 0 saturated carbocycles. The first kappa shape index (κ1) is 25.7. The highest BCUT2D eigenvalue weighted by Gasteiger charge is 2.35. The van der Waals surface area contributed by atoms with Gasteiger partial charge in [-0.3, -0.25) is 4.79 Å². The van der Waals surface area contributed by atoms with Crippen LogP contribution in [0.1, 0.15) is 54.3 Å². The number of benzene rings is 2. The predicted octanol–water partition coefficient (Wildman–Crippen LogP) is 3.16. The van der Waals surface area contributed by atoms with Gasteiger partial charge in [0.25, 0.3) is 5.91 Å². The van der Waals surface area contributed by atoms with E-state index in [1.807, 2.05) is 0 Å². The minimum atomic E-state index is -0.831. The van der Waals surface area contributed by atoms with E-state index >= 15 is 0 Å². The van der Waals surface area contributed by atoms with E-state index in [1.54, 1.807) is 20.8 Å². The van der Waals surface area contributed by atoms with Crippen LogP contribution in [0.3, 0.4) is 0 Å². The largest absolute Gasteiger partial charge is 0.508 e. The molecule has 0 aromatic heterocycles. The number of nitrogens with zero attached hydrogens (tertiary/aromatic N) is 1. The number of amides is 2. The van der Waals surface area contributed by atoms with E-state index in [0.717, 1.165) is 6.07 Å². The van der Waals surface area contributed by atoms with Gasteiger partial charge in [0, 0.05) is 24.7 Å². The molecular weight excluding hydrogens is 456 g/mol. The van der Waals surface area contributed by atoms with Crippen molar-refractivity contribution in [3.05, 3.63) is 53.6 Å². The Morgan fingerprint density at radius 2 is 1.66 bits per heavy atom. The molecule has 3 rings (SSSR count). The van der Waals surface area contributed by atoms with Gasteiger partial charge in [-0.05, 0) is 70.0 Å². The number of esters is 1. The average Bonchev–Trinajstić information content (AvgIpc) is 2.95. The van der Waals surface area contributed by atoms with Crippen LogP contribution in [0.2, 0.25) is 0 Å². The molecule has 1 aliphatic rings. The fourth-order valence-corrected chi connectivity index (χ4v) is 3.66. The fourth-order valence-electron chi connectivity index (χ4n) is 3.66. The zero-order chi connectivity index (χ0) is 25.8. The summed E-state index contributed by atoms with van der Waals surface area (Å²) in [4.78, 5) is 39.9. The molecule has 188 valence electrons. The van der Waals surface area contributed by atoms with Crippen LogP contribution in [0.15, 0.2) is 42.5 Å². The minimum absolute atomic E-state index is 0.00706. The molecule has 0 unspecified atom stereocenters. The molecule has 0 spiro atoms. The number of hydrogen-bond donors (Lipinski definition) is 4. The quantitative estimate of drug-likeness (QED) is 0.482. The third-order valence-corrected chi connectivity index (χ3v) is 5.34. The van der Waals surface area contributed by atoms with E-state index < -0.39 is 41.5 Å². The maximum atomic E-state index is 12.9.